The fourth-order valence-corrected chi connectivity index (χ4v) is 2.16. The van der Waals surface area contributed by atoms with Crippen LogP contribution in [0.4, 0.5) is 13.2 Å². The van der Waals surface area contributed by atoms with Crippen LogP contribution in [-0.4, -0.2) is 32.3 Å². The van der Waals surface area contributed by atoms with E-state index in [1.54, 1.807) is 38.3 Å². The fraction of sp³-hybridized carbons (Fsp3) is 0.316. The van der Waals surface area contributed by atoms with E-state index in [4.69, 9.17) is 14.2 Å². The van der Waals surface area contributed by atoms with E-state index in [9.17, 15) is 18.0 Å². The standard InChI is InChI=1S/C19H20F3NO4/c1-13(11-26-16-8-6-15(25-2)7-9-16)23-18(24)12-27-17-5-3-4-14(10-17)19(20,21)22/h3-10,13H,11-12H2,1-2H3,(H,23,24)/t13-/m0/s1. The number of carbonyl (C=O) groups excluding carboxylic acids is 1. The van der Waals surface area contributed by atoms with E-state index < -0.39 is 24.3 Å². The third-order valence-corrected chi connectivity index (χ3v) is 3.50. The molecular formula is C19H20F3NO4. The Morgan fingerprint density at radius 3 is 2.33 bits per heavy atom. The quantitative estimate of drug-likeness (QED) is 0.756. The van der Waals surface area contributed by atoms with Gasteiger partial charge in [0.25, 0.3) is 5.91 Å². The molecule has 1 amide bonds. The summed E-state index contributed by atoms with van der Waals surface area (Å²) < 4.78 is 53.7. The Morgan fingerprint density at radius 2 is 1.70 bits per heavy atom. The average molecular weight is 383 g/mol. The molecule has 2 aromatic carbocycles. The van der Waals surface area contributed by atoms with Gasteiger partial charge < -0.3 is 19.5 Å². The van der Waals surface area contributed by atoms with E-state index in [2.05, 4.69) is 5.32 Å². The minimum atomic E-state index is -4.46. The van der Waals surface area contributed by atoms with Crippen molar-refractivity contribution in [1.29, 1.82) is 0 Å². The first-order valence-electron chi connectivity index (χ1n) is 8.14. The molecule has 1 atom stereocenters. The van der Waals surface area contributed by atoms with Crippen molar-refractivity contribution in [3.8, 4) is 17.2 Å². The summed E-state index contributed by atoms with van der Waals surface area (Å²) in [4.78, 5) is 11.9. The molecule has 0 saturated carbocycles. The molecule has 0 fully saturated rings. The summed E-state index contributed by atoms with van der Waals surface area (Å²) >= 11 is 0. The maximum absolute atomic E-state index is 12.7. The summed E-state index contributed by atoms with van der Waals surface area (Å²) in [5.74, 6) is 0.841. The molecule has 0 unspecified atom stereocenters. The predicted octanol–water partition coefficient (Wildman–Crippen LogP) is 3.68. The third-order valence-electron chi connectivity index (χ3n) is 3.50. The first kappa shape index (κ1) is 20.4. The second kappa shape index (κ2) is 9.16. The molecule has 1 N–H and O–H groups in total. The number of benzene rings is 2. The summed E-state index contributed by atoms with van der Waals surface area (Å²) in [5, 5.41) is 2.65. The summed E-state index contributed by atoms with van der Waals surface area (Å²) in [6.45, 7) is 1.57. The van der Waals surface area contributed by atoms with Gasteiger partial charge in [0.15, 0.2) is 6.61 Å². The minimum absolute atomic E-state index is 0.0258. The lowest BCUT2D eigenvalue weighted by Gasteiger charge is -2.16. The fourth-order valence-electron chi connectivity index (χ4n) is 2.16. The molecule has 0 aliphatic carbocycles. The molecule has 2 aromatic rings. The number of halogens is 3. The summed E-state index contributed by atoms with van der Waals surface area (Å²) in [6, 6.07) is 11.0. The lowest BCUT2D eigenvalue weighted by molar-refractivity contribution is -0.137. The zero-order valence-corrected chi connectivity index (χ0v) is 14.9. The summed E-state index contributed by atoms with van der Waals surface area (Å²) in [6.07, 6.45) is -4.46. The van der Waals surface area contributed by atoms with Crippen molar-refractivity contribution in [3.63, 3.8) is 0 Å². The Hall–Kier alpha value is -2.90. The van der Waals surface area contributed by atoms with E-state index in [0.717, 1.165) is 12.1 Å². The van der Waals surface area contributed by atoms with Crippen molar-refractivity contribution in [2.24, 2.45) is 0 Å². The van der Waals surface area contributed by atoms with Crippen molar-refractivity contribution in [1.82, 2.24) is 5.32 Å². The smallest absolute Gasteiger partial charge is 0.416 e. The zero-order valence-electron chi connectivity index (χ0n) is 14.9. The van der Waals surface area contributed by atoms with Crippen molar-refractivity contribution < 1.29 is 32.2 Å². The Bertz CT molecular complexity index is 747. The van der Waals surface area contributed by atoms with Crippen LogP contribution in [-0.2, 0) is 11.0 Å². The molecule has 0 aromatic heterocycles. The Balaban J connectivity index is 1.76. The first-order valence-corrected chi connectivity index (χ1v) is 8.14. The van der Waals surface area contributed by atoms with Gasteiger partial charge in [0.2, 0.25) is 0 Å². The molecule has 0 bridgehead atoms. The topological polar surface area (TPSA) is 56.8 Å². The lowest BCUT2D eigenvalue weighted by atomic mass is 10.2. The van der Waals surface area contributed by atoms with Gasteiger partial charge in [-0.25, -0.2) is 0 Å². The third kappa shape index (κ3) is 6.73. The van der Waals surface area contributed by atoms with Crippen LogP contribution in [0.3, 0.4) is 0 Å². The number of methoxy groups -OCH3 is 1. The first-order chi connectivity index (χ1) is 12.8. The molecule has 27 heavy (non-hydrogen) atoms. The maximum Gasteiger partial charge on any atom is 0.416 e. The maximum atomic E-state index is 12.7. The zero-order chi connectivity index (χ0) is 19.9. The number of alkyl halides is 3. The molecule has 0 aliphatic rings. The largest absolute Gasteiger partial charge is 0.497 e. The Labute approximate surface area is 155 Å². The highest BCUT2D eigenvalue weighted by molar-refractivity contribution is 5.77. The predicted molar refractivity (Wildman–Crippen MR) is 93.0 cm³/mol. The number of hydrogen-bond donors (Lipinski definition) is 1. The van der Waals surface area contributed by atoms with E-state index in [1.165, 1.54) is 12.1 Å². The average Bonchev–Trinajstić information content (AvgIpc) is 2.64. The molecule has 0 heterocycles. The number of ether oxygens (including phenoxy) is 3. The van der Waals surface area contributed by atoms with Gasteiger partial charge in [0.1, 0.15) is 23.9 Å². The monoisotopic (exact) mass is 383 g/mol. The molecule has 0 saturated heterocycles. The lowest BCUT2D eigenvalue weighted by Crippen LogP contribution is -2.39. The summed E-state index contributed by atoms with van der Waals surface area (Å²) in [5.41, 5.74) is -0.832. The van der Waals surface area contributed by atoms with E-state index >= 15 is 0 Å². The van der Waals surface area contributed by atoms with Gasteiger partial charge in [-0.1, -0.05) is 6.07 Å². The van der Waals surface area contributed by atoms with Crippen molar-refractivity contribution in [3.05, 3.63) is 54.1 Å². The van der Waals surface area contributed by atoms with Crippen LogP contribution in [0, 0.1) is 0 Å². The van der Waals surface area contributed by atoms with Crippen LogP contribution in [0.1, 0.15) is 12.5 Å². The highest BCUT2D eigenvalue weighted by Crippen LogP contribution is 2.31. The molecule has 0 aliphatic heterocycles. The minimum Gasteiger partial charge on any atom is -0.497 e. The van der Waals surface area contributed by atoms with Crippen LogP contribution in [0.25, 0.3) is 0 Å². The molecule has 0 radical (unpaired) electrons. The molecule has 5 nitrogen and oxygen atoms in total. The molecule has 0 spiro atoms. The van der Waals surface area contributed by atoms with Crippen LogP contribution >= 0.6 is 0 Å². The summed E-state index contributed by atoms with van der Waals surface area (Å²) in [7, 11) is 1.56. The number of nitrogens with one attached hydrogen (secondary N) is 1. The highest BCUT2D eigenvalue weighted by Gasteiger charge is 2.30. The van der Waals surface area contributed by atoms with Gasteiger partial charge in [0.05, 0.1) is 18.7 Å². The van der Waals surface area contributed by atoms with Crippen LogP contribution in [0.2, 0.25) is 0 Å². The number of rotatable bonds is 8. The van der Waals surface area contributed by atoms with Crippen molar-refractivity contribution in [2.45, 2.75) is 19.1 Å². The molecule has 8 heteroatoms. The van der Waals surface area contributed by atoms with Crippen LogP contribution < -0.4 is 19.5 Å². The highest BCUT2D eigenvalue weighted by atomic mass is 19.4. The number of carbonyl (C=O) groups is 1. The molecular weight excluding hydrogens is 363 g/mol. The number of hydrogen-bond acceptors (Lipinski definition) is 4. The van der Waals surface area contributed by atoms with Crippen molar-refractivity contribution in [2.75, 3.05) is 20.3 Å². The van der Waals surface area contributed by atoms with E-state index in [0.29, 0.717) is 11.5 Å². The van der Waals surface area contributed by atoms with Crippen molar-refractivity contribution >= 4 is 5.91 Å². The van der Waals surface area contributed by atoms with Crippen LogP contribution in [0.15, 0.2) is 48.5 Å². The normalized spacial score (nSPS) is 12.2. The molecule has 146 valence electrons. The Kier molecular flexibility index (Phi) is 6.92. The Morgan fingerprint density at radius 1 is 1.04 bits per heavy atom. The number of amides is 1. The van der Waals surface area contributed by atoms with Gasteiger partial charge in [-0.05, 0) is 49.4 Å². The second-order valence-corrected chi connectivity index (χ2v) is 5.77. The van der Waals surface area contributed by atoms with Gasteiger partial charge in [-0.2, -0.15) is 13.2 Å². The van der Waals surface area contributed by atoms with Crippen LogP contribution in [0.5, 0.6) is 17.2 Å². The van der Waals surface area contributed by atoms with E-state index in [-0.39, 0.29) is 18.4 Å². The van der Waals surface area contributed by atoms with Gasteiger partial charge in [0, 0.05) is 0 Å². The van der Waals surface area contributed by atoms with E-state index in [1.807, 2.05) is 0 Å². The second-order valence-electron chi connectivity index (χ2n) is 5.77. The van der Waals surface area contributed by atoms with Gasteiger partial charge in [-0.3, -0.25) is 4.79 Å². The molecule has 2 rings (SSSR count). The SMILES string of the molecule is COc1ccc(OC[C@H](C)NC(=O)COc2cccc(C(F)(F)F)c2)cc1. The van der Waals surface area contributed by atoms with Gasteiger partial charge in [-0.15, -0.1) is 0 Å². The van der Waals surface area contributed by atoms with Gasteiger partial charge >= 0.3 is 6.18 Å².